The van der Waals surface area contributed by atoms with E-state index in [0.29, 0.717) is 12.1 Å². The molecule has 0 aromatic carbocycles. The van der Waals surface area contributed by atoms with Gasteiger partial charge in [-0.1, -0.05) is 11.6 Å². The molecule has 1 aromatic rings. The topological polar surface area (TPSA) is 21.3 Å². The number of halogens is 1. The van der Waals surface area contributed by atoms with Crippen LogP contribution in [0, 0.1) is 0 Å². The second-order valence-corrected chi connectivity index (χ2v) is 5.29. The van der Waals surface area contributed by atoms with Crippen molar-refractivity contribution in [2.24, 2.45) is 0 Å². The lowest BCUT2D eigenvalue weighted by molar-refractivity contribution is -0.0101. The highest BCUT2D eigenvalue weighted by Gasteiger charge is 2.28. The largest absolute Gasteiger partial charge is 0.378 e. The maximum atomic E-state index is 5.85. The molecule has 15 heavy (non-hydrogen) atoms. The molecule has 0 spiro atoms. The van der Waals surface area contributed by atoms with Gasteiger partial charge in [-0.05, 0) is 25.8 Å². The molecular weight excluding hydrogens is 230 g/mol. The predicted octanol–water partition coefficient (Wildman–Crippen LogP) is 3.06. The molecule has 1 aliphatic carbocycles. The van der Waals surface area contributed by atoms with Crippen molar-refractivity contribution in [2.45, 2.75) is 38.5 Å². The molecule has 84 valence electrons. The fraction of sp³-hybridized carbons (Fsp3) is 0.636. The lowest BCUT2D eigenvalue weighted by Crippen LogP contribution is -2.44. The van der Waals surface area contributed by atoms with Gasteiger partial charge in [-0.25, -0.2) is 0 Å². The first-order valence-corrected chi connectivity index (χ1v) is 6.61. The number of thiophene rings is 1. The summed E-state index contributed by atoms with van der Waals surface area (Å²) in [4.78, 5) is 1.31. The Bertz CT molecular complexity index is 309. The van der Waals surface area contributed by atoms with Crippen molar-refractivity contribution in [1.82, 2.24) is 5.32 Å². The van der Waals surface area contributed by atoms with Crippen LogP contribution in [-0.2, 0) is 11.3 Å². The van der Waals surface area contributed by atoms with Crippen molar-refractivity contribution in [2.75, 3.05) is 6.61 Å². The van der Waals surface area contributed by atoms with Gasteiger partial charge < -0.3 is 10.1 Å². The van der Waals surface area contributed by atoms with E-state index in [1.807, 2.05) is 11.4 Å². The predicted molar refractivity (Wildman–Crippen MR) is 64.6 cm³/mol. The van der Waals surface area contributed by atoms with Gasteiger partial charge in [-0.2, -0.15) is 0 Å². The molecule has 0 aliphatic heterocycles. The molecule has 2 rings (SSSR count). The van der Waals surface area contributed by atoms with E-state index in [9.17, 15) is 0 Å². The van der Waals surface area contributed by atoms with Crippen LogP contribution >= 0.6 is 22.9 Å². The third-order valence-corrected chi connectivity index (χ3v) is 3.97. The quantitative estimate of drug-likeness (QED) is 0.861. The van der Waals surface area contributed by atoms with Crippen LogP contribution in [-0.4, -0.2) is 18.8 Å². The Labute approximate surface area is 99.6 Å². The minimum Gasteiger partial charge on any atom is -0.378 e. The molecule has 0 amide bonds. The van der Waals surface area contributed by atoms with Crippen molar-refractivity contribution >= 4 is 22.9 Å². The number of hydrogen-bond donors (Lipinski definition) is 1. The van der Waals surface area contributed by atoms with Gasteiger partial charge >= 0.3 is 0 Å². The van der Waals surface area contributed by atoms with E-state index in [1.165, 1.54) is 4.88 Å². The Balaban J connectivity index is 1.64. The second kappa shape index (κ2) is 5.30. The van der Waals surface area contributed by atoms with Crippen molar-refractivity contribution in [3.8, 4) is 0 Å². The Kier molecular flexibility index (Phi) is 4.03. The van der Waals surface area contributed by atoms with Crippen LogP contribution in [0.25, 0.3) is 0 Å². The molecule has 1 heterocycles. The summed E-state index contributed by atoms with van der Waals surface area (Å²) in [6, 6.07) is 2.65. The van der Waals surface area contributed by atoms with Gasteiger partial charge in [0.05, 0.1) is 11.1 Å². The number of hydrogen-bond acceptors (Lipinski definition) is 3. The van der Waals surface area contributed by atoms with E-state index in [-0.39, 0.29) is 0 Å². The van der Waals surface area contributed by atoms with Crippen LogP contribution < -0.4 is 5.32 Å². The van der Waals surface area contributed by atoms with Crippen molar-refractivity contribution in [3.05, 3.63) is 21.3 Å². The monoisotopic (exact) mass is 245 g/mol. The van der Waals surface area contributed by atoms with Crippen LogP contribution in [0.15, 0.2) is 11.4 Å². The Morgan fingerprint density at radius 3 is 3.00 bits per heavy atom. The Morgan fingerprint density at radius 1 is 1.60 bits per heavy atom. The summed E-state index contributed by atoms with van der Waals surface area (Å²) in [5.74, 6) is 0. The molecule has 1 fully saturated rings. The van der Waals surface area contributed by atoms with E-state index in [2.05, 4.69) is 12.2 Å². The SMILES string of the molecule is CCOC1CC(NCc2cc(Cl)cs2)C1. The summed E-state index contributed by atoms with van der Waals surface area (Å²) in [7, 11) is 0. The molecule has 0 atom stereocenters. The summed E-state index contributed by atoms with van der Waals surface area (Å²) >= 11 is 7.56. The zero-order valence-electron chi connectivity index (χ0n) is 8.83. The summed E-state index contributed by atoms with van der Waals surface area (Å²) in [5.41, 5.74) is 0. The maximum Gasteiger partial charge on any atom is 0.0604 e. The molecule has 1 aromatic heterocycles. The van der Waals surface area contributed by atoms with E-state index < -0.39 is 0 Å². The van der Waals surface area contributed by atoms with Gasteiger partial charge in [0.25, 0.3) is 0 Å². The Hall–Kier alpha value is -0.0900. The lowest BCUT2D eigenvalue weighted by Gasteiger charge is -2.35. The average Bonchev–Trinajstić information content (AvgIpc) is 2.55. The van der Waals surface area contributed by atoms with E-state index >= 15 is 0 Å². The normalized spacial score (nSPS) is 25.2. The molecule has 4 heteroatoms. The van der Waals surface area contributed by atoms with E-state index in [0.717, 1.165) is 31.0 Å². The van der Waals surface area contributed by atoms with Crippen molar-refractivity contribution < 1.29 is 4.74 Å². The van der Waals surface area contributed by atoms with Crippen LogP contribution in [0.3, 0.4) is 0 Å². The lowest BCUT2D eigenvalue weighted by atomic mass is 9.89. The van der Waals surface area contributed by atoms with Crippen LogP contribution in [0.1, 0.15) is 24.6 Å². The average molecular weight is 246 g/mol. The Morgan fingerprint density at radius 2 is 2.40 bits per heavy atom. The first-order chi connectivity index (χ1) is 7.28. The van der Waals surface area contributed by atoms with Gasteiger partial charge in [0.1, 0.15) is 0 Å². The highest BCUT2D eigenvalue weighted by molar-refractivity contribution is 7.10. The zero-order chi connectivity index (χ0) is 10.7. The standard InChI is InChI=1S/C11H16ClNOS/c1-2-14-10-4-9(5-10)13-6-11-3-8(12)7-15-11/h3,7,9-10,13H,2,4-6H2,1H3. The molecule has 1 aliphatic rings. The summed E-state index contributed by atoms with van der Waals surface area (Å²) < 4.78 is 5.51. The van der Waals surface area contributed by atoms with Gasteiger partial charge in [0, 0.05) is 29.5 Å². The number of ether oxygens (including phenoxy) is 1. The molecule has 0 radical (unpaired) electrons. The van der Waals surface area contributed by atoms with Gasteiger partial charge in [-0.15, -0.1) is 11.3 Å². The first-order valence-electron chi connectivity index (χ1n) is 5.36. The molecule has 1 N–H and O–H groups in total. The van der Waals surface area contributed by atoms with Crippen molar-refractivity contribution in [1.29, 1.82) is 0 Å². The minimum atomic E-state index is 0.486. The maximum absolute atomic E-state index is 5.85. The summed E-state index contributed by atoms with van der Waals surface area (Å²) in [5, 5.41) is 6.33. The van der Waals surface area contributed by atoms with Crippen molar-refractivity contribution in [3.63, 3.8) is 0 Å². The molecular formula is C11H16ClNOS. The highest BCUT2D eigenvalue weighted by atomic mass is 35.5. The third kappa shape index (κ3) is 3.18. The second-order valence-electron chi connectivity index (χ2n) is 3.86. The molecule has 0 saturated heterocycles. The highest BCUT2D eigenvalue weighted by Crippen LogP contribution is 2.24. The third-order valence-electron chi connectivity index (χ3n) is 2.68. The van der Waals surface area contributed by atoms with Gasteiger partial charge in [0.15, 0.2) is 0 Å². The van der Waals surface area contributed by atoms with Crippen LogP contribution in [0.2, 0.25) is 5.02 Å². The fourth-order valence-electron chi connectivity index (χ4n) is 1.80. The van der Waals surface area contributed by atoms with E-state index in [1.54, 1.807) is 11.3 Å². The number of rotatable bonds is 5. The molecule has 2 nitrogen and oxygen atoms in total. The summed E-state index contributed by atoms with van der Waals surface area (Å²) in [6.07, 6.45) is 2.78. The van der Waals surface area contributed by atoms with Crippen LogP contribution in [0.5, 0.6) is 0 Å². The van der Waals surface area contributed by atoms with E-state index in [4.69, 9.17) is 16.3 Å². The van der Waals surface area contributed by atoms with Gasteiger partial charge in [-0.3, -0.25) is 0 Å². The minimum absolute atomic E-state index is 0.486. The smallest absolute Gasteiger partial charge is 0.0604 e. The fourth-order valence-corrected chi connectivity index (χ4v) is 2.82. The molecule has 0 bridgehead atoms. The molecule has 0 unspecified atom stereocenters. The zero-order valence-corrected chi connectivity index (χ0v) is 10.4. The number of nitrogens with one attached hydrogen (secondary N) is 1. The molecule has 1 saturated carbocycles. The summed E-state index contributed by atoms with van der Waals surface area (Å²) in [6.45, 7) is 3.81. The first kappa shape index (κ1) is 11.4. The van der Waals surface area contributed by atoms with Crippen LogP contribution in [0.4, 0.5) is 0 Å². The van der Waals surface area contributed by atoms with Gasteiger partial charge in [0.2, 0.25) is 0 Å².